The number of rotatable bonds is 8. The summed E-state index contributed by atoms with van der Waals surface area (Å²) in [6.45, 7) is 1.17. The third-order valence-electron chi connectivity index (χ3n) is 3.57. The Morgan fingerprint density at radius 2 is 1.63 bits per heavy atom. The molecule has 1 aliphatic carbocycles. The van der Waals surface area contributed by atoms with Crippen LogP contribution in [0.1, 0.15) is 32.1 Å². The summed E-state index contributed by atoms with van der Waals surface area (Å²) in [4.78, 5) is 0. The van der Waals surface area contributed by atoms with Crippen LogP contribution < -0.4 is 5.09 Å². The number of halogens is 2. The third kappa shape index (κ3) is 5.18. The van der Waals surface area contributed by atoms with Gasteiger partial charge in [0.1, 0.15) is 0 Å². The smallest absolute Gasteiger partial charge is 0.271 e. The Labute approximate surface area is 127 Å². The van der Waals surface area contributed by atoms with Gasteiger partial charge in [0.15, 0.2) is 0 Å². The van der Waals surface area contributed by atoms with Crippen molar-refractivity contribution < 1.29 is 4.57 Å². The van der Waals surface area contributed by atoms with Crippen LogP contribution in [0.25, 0.3) is 0 Å². The molecule has 0 bridgehead atoms. The van der Waals surface area contributed by atoms with Crippen LogP contribution in [-0.4, -0.2) is 54.3 Å². The van der Waals surface area contributed by atoms with Gasteiger partial charge < -0.3 is 0 Å². The van der Waals surface area contributed by atoms with Gasteiger partial charge in [-0.25, -0.2) is 14.4 Å². The van der Waals surface area contributed by atoms with Crippen molar-refractivity contribution in [1.82, 2.24) is 14.4 Å². The normalized spacial score (nSPS) is 20.9. The quantitative estimate of drug-likeness (QED) is 0.547. The molecule has 1 fully saturated rings. The van der Waals surface area contributed by atoms with E-state index >= 15 is 0 Å². The highest BCUT2D eigenvalue weighted by Crippen LogP contribution is 2.48. The second kappa shape index (κ2) is 8.86. The van der Waals surface area contributed by atoms with Gasteiger partial charge in [0.2, 0.25) is 0 Å². The van der Waals surface area contributed by atoms with E-state index in [9.17, 15) is 4.57 Å². The minimum Gasteiger partial charge on any atom is -0.271 e. The average molecular weight is 330 g/mol. The molecule has 0 aromatic rings. The van der Waals surface area contributed by atoms with Crippen molar-refractivity contribution in [3.8, 4) is 0 Å². The first kappa shape index (κ1) is 17.7. The fraction of sp³-hybridized carbons (Fsp3) is 1.00. The van der Waals surface area contributed by atoms with Crippen LogP contribution in [0.2, 0.25) is 0 Å². The Hall–Kier alpha value is 0.690. The number of alkyl halides is 2. The molecule has 0 aromatic heterocycles. The van der Waals surface area contributed by atoms with Gasteiger partial charge in [0, 0.05) is 30.9 Å². The SMILES string of the molecule is CN(C)P(=O)(NC1CCCCC1)N(CCCl)CCCl. The molecule has 1 N–H and O–H groups in total. The number of hydrogen-bond donors (Lipinski definition) is 1. The molecule has 0 radical (unpaired) electrons. The number of nitrogens with zero attached hydrogens (tertiary/aromatic N) is 2. The van der Waals surface area contributed by atoms with E-state index in [1.807, 2.05) is 18.8 Å². The molecule has 0 amide bonds. The largest absolute Gasteiger partial charge is 0.284 e. The molecule has 0 heterocycles. The predicted octanol–water partition coefficient (Wildman–Crippen LogP) is 3.36. The lowest BCUT2D eigenvalue weighted by molar-refractivity contribution is 0.350. The predicted molar refractivity (Wildman–Crippen MR) is 84.3 cm³/mol. The van der Waals surface area contributed by atoms with Gasteiger partial charge in [0.25, 0.3) is 7.59 Å². The van der Waals surface area contributed by atoms with Crippen LogP contribution in [0, 0.1) is 0 Å². The summed E-state index contributed by atoms with van der Waals surface area (Å²) in [5.74, 6) is 0.919. The third-order valence-corrected chi connectivity index (χ3v) is 6.86. The number of nitrogens with one attached hydrogen (secondary N) is 1. The maximum Gasteiger partial charge on any atom is 0.284 e. The zero-order valence-corrected chi connectivity index (χ0v) is 14.4. The Bertz CT molecular complexity index is 293. The molecule has 0 aliphatic heterocycles. The van der Waals surface area contributed by atoms with E-state index in [1.165, 1.54) is 19.3 Å². The molecule has 1 unspecified atom stereocenters. The monoisotopic (exact) mass is 329 g/mol. The lowest BCUT2D eigenvalue weighted by Gasteiger charge is -2.38. The Morgan fingerprint density at radius 1 is 1.11 bits per heavy atom. The Morgan fingerprint density at radius 3 is 2.05 bits per heavy atom. The average Bonchev–Trinajstić information content (AvgIpc) is 2.39. The Kier molecular flexibility index (Phi) is 8.27. The van der Waals surface area contributed by atoms with Crippen molar-refractivity contribution in [3.05, 3.63) is 0 Å². The molecule has 7 heteroatoms. The summed E-state index contributed by atoms with van der Waals surface area (Å²) in [5.41, 5.74) is 0. The maximum atomic E-state index is 13.3. The Balaban J connectivity index is 2.77. The van der Waals surface area contributed by atoms with Crippen LogP contribution >= 0.6 is 30.8 Å². The highest BCUT2D eigenvalue weighted by molar-refractivity contribution is 7.56. The van der Waals surface area contributed by atoms with Gasteiger partial charge in [-0.2, -0.15) is 0 Å². The summed E-state index contributed by atoms with van der Waals surface area (Å²) < 4.78 is 17.0. The highest BCUT2D eigenvalue weighted by Gasteiger charge is 2.35. The molecular weight excluding hydrogens is 304 g/mol. The van der Waals surface area contributed by atoms with Gasteiger partial charge in [-0.1, -0.05) is 19.3 Å². The van der Waals surface area contributed by atoms with E-state index in [4.69, 9.17) is 23.2 Å². The van der Waals surface area contributed by atoms with Gasteiger partial charge >= 0.3 is 0 Å². The van der Waals surface area contributed by atoms with Crippen molar-refractivity contribution in [3.63, 3.8) is 0 Å². The lowest BCUT2D eigenvalue weighted by atomic mass is 9.96. The molecule has 1 atom stereocenters. The summed E-state index contributed by atoms with van der Waals surface area (Å²) in [6, 6.07) is 0.343. The van der Waals surface area contributed by atoms with Crippen molar-refractivity contribution in [2.75, 3.05) is 38.9 Å². The lowest BCUT2D eigenvalue weighted by Crippen LogP contribution is -2.42. The van der Waals surface area contributed by atoms with Crippen molar-refractivity contribution in [2.24, 2.45) is 0 Å². The maximum absolute atomic E-state index is 13.3. The molecule has 19 heavy (non-hydrogen) atoms. The van der Waals surface area contributed by atoms with E-state index in [1.54, 1.807) is 4.67 Å². The van der Waals surface area contributed by atoms with E-state index in [-0.39, 0.29) is 0 Å². The second-order valence-electron chi connectivity index (χ2n) is 5.19. The zero-order valence-electron chi connectivity index (χ0n) is 11.9. The molecule has 0 saturated heterocycles. The fourth-order valence-corrected chi connectivity index (χ4v) is 5.52. The van der Waals surface area contributed by atoms with Gasteiger partial charge in [-0.15, -0.1) is 23.2 Å². The van der Waals surface area contributed by atoms with Gasteiger partial charge in [-0.05, 0) is 26.9 Å². The summed E-state index contributed by atoms with van der Waals surface area (Å²) in [5, 5.41) is 3.39. The topological polar surface area (TPSA) is 35.6 Å². The molecular formula is C12H26Cl2N3OP. The first-order chi connectivity index (χ1) is 9.04. The molecule has 4 nitrogen and oxygen atoms in total. The minimum atomic E-state index is -2.76. The van der Waals surface area contributed by atoms with Crippen molar-refractivity contribution >= 4 is 30.8 Å². The van der Waals surface area contributed by atoms with E-state index in [0.29, 0.717) is 30.9 Å². The minimum absolute atomic E-state index is 0.343. The first-order valence-corrected chi connectivity index (χ1v) is 9.65. The molecule has 0 spiro atoms. The highest BCUT2D eigenvalue weighted by atomic mass is 35.5. The first-order valence-electron chi connectivity index (χ1n) is 6.97. The van der Waals surface area contributed by atoms with Crippen LogP contribution in [0.5, 0.6) is 0 Å². The van der Waals surface area contributed by atoms with E-state index in [0.717, 1.165) is 12.8 Å². The molecule has 0 aromatic carbocycles. The zero-order chi connectivity index (χ0) is 14.3. The van der Waals surface area contributed by atoms with Crippen molar-refractivity contribution in [1.29, 1.82) is 0 Å². The molecule has 1 saturated carbocycles. The van der Waals surface area contributed by atoms with Crippen LogP contribution in [-0.2, 0) is 4.57 Å². The van der Waals surface area contributed by atoms with Crippen molar-refractivity contribution in [2.45, 2.75) is 38.1 Å². The van der Waals surface area contributed by atoms with Crippen LogP contribution in [0.3, 0.4) is 0 Å². The van der Waals surface area contributed by atoms with Gasteiger partial charge in [0.05, 0.1) is 0 Å². The van der Waals surface area contributed by atoms with E-state index < -0.39 is 7.59 Å². The second-order valence-corrected chi connectivity index (χ2v) is 8.65. The fourth-order valence-electron chi connectivity index (χ4n) is 2.50. The van der Waals surface area contributed by atoms with Crippen LogP contribution in [0.15, 0.2) is 0 Å². The van der Waals surface area contributed by atoms with E-state index in [2.05, 4.69) is 5.09 Å². The molecule has 114 valence electrons. The standard InChI is InChI=1S/C12H26Cl2N3OP/c1-16(2)19(18,17(10-8-13)11-9-14)15-12-6-4-3-5-7-12/h12H,3-11H2,1-2H3,(H,15,18). The summed E-state index contributed by atoms with van der Waals surface area (Å²) in [6.07, 6.45) is 5.94. The summed E-state index contributed by atoms with van der Waals surface area (Å²) >= 11 is 11.7. The summed E-state index contributed by atoms with van der Waals surface area (Å²) in [7, 11) is 0.951. The van der Waals surface area contributed by atoms with Gasteiger partial charge in [-0.3, -0.25) is 4.57 Å². The molecule has 1 aliphatic rings. The van der Waals surface area contributed by atoms with Crippen LogP contribution in [0.4, 0.5) is 0 Å². The molecule has 1 rings (SSSR count). The number of hydrogen-bond acceptors (Lipinski definition) is 1.